The lowest BCUT2D eigenvalue weighted by atomic mass is 10.0. The molecule has 1 amide bonds. The van der Waals surface area contributed by atoms with Crippen LogP contribution in [0.5, 0.6) is 0 Å². The first-order chi connectivity index (χ1) is 8.71. The van der Waals surface area contributed by atoms with E-state index in [2.05, 4.69) is 5.32 Å². The number of nitrogens with one attached hydrogen (secondary N) is 1. The van der Waals surface area contributed by atoms with Gasteiger partial charge < -0.3 is 11.1 Å². The molecular weight excluding hydrogens is 293 g/mol. The van der Waals surface area contributed by atoms with Crippen LogP contribution in [0.25, 0.3) is 0 Å². The Hall–Kier alpha value is -1.27. The summed E-state index contributed by atoms with van der Waals surface area (Å²) < 4.78 is 37.0. The number of amides is 1. The second kappa shape index (κ2) is 7.50. The van der Waals surface area contributed by atoms with E-state index in [-0.39, 0.29) is 30.8 Å². The summed E-state index contributed by atoms with van der Waals surface area (Å²) in [5, 5.41) is 2.59. The molecule has 0 aliphatic rings. The second-order valence-corrected chi connectivity index (χ2v) is 4.68. The molecular formula is C13H18ClF3N2O. The predicted octanol–water partition coefficient (Wildman–Crippen LogP) is 2.73. The van der Waals surface area contributed by atoms with E-state index in [4.69, 9.17) is 5.73 Å². The largest absolute Gasteiger partial charge is 0.416 e. The average Bonchev–Trinajstić information content (AvgIpc) is 2.34. The molecule has 0 saturated heterocycles. The Morgan fingerprint density at radius 2 is 1.75 bits per heavy atom. The Bertz CT molecular complexity index is 432. The van der Waals surface area contributed by atoms with Crippen molar-refractivity contribution >= 4 is 18.3 Å². The smallest absolute Gasteiger partial charge is 0.351 e. The van der Waals surface area contributed by atoms with Crippen molar-refractivity contribution in [2.75, 3.05) is 0 Å². The van der Waals surface area contributed by atoms with Gasteiger partial charge in [0.15, 0.2) is 0 Å². The number of hydrogen-bond acceptors (Lipinski definition) is 2. The molecule has 1 rings (SSSR count). The maximum Gasteiger partial charge on any atom is 0.416 e. The summed E-state index contributed by atoms with van der Waals surface area (Å²) in [7, 11) is 0. The molecule has 1 aromatic carbocycles. The van der Waals surface area contributed by atoms with Gasteiger partial charge in [0.05, 0.1) is 11.6 Å². The molecule has 3 nitrogen and oxygen atoms in total. The second-order valence-electron chi connectivity index (χ2n) is 4.68. The van der Waals surface area contributed by atoms with E-state index in [0.29, 0.717) is 5.56 Å². The van der Waals surface area contributed by atoms with Gasteiger partial charge in [-0.2, -0.15) is 13.2 Å². The summed E-state index contributed by atoms with van der Waals surface area (Å²) in [4.78, 5) is 11.6. The first-order valence-electron chi connectivity index (χ1n) is 5.91. The van der Waals surface area contributed by atoms with Crippen molar-refractivity contribution in [3.8, 4) is 0 Å². The van der Waals surface area contributed by atoms with E-state index >= 15 is 0 Å². The molecule has 0 aliphatic carbocycles. The number of rotatable bonds is 4. The number of nitrogens with two attached hydrogens (primary N) is 1. The fourth-order valence-electron chi connectivity index (χ4n) is 1.42. The van der Waals surface area contributed by atoms with Crippen LogP contribution in [0.15, 0.2) is 24.3 Å². The quantitative estimate of drug-likeness (QED) is 0.898. The average molecular weight is 311 g/mol. The lowest BCUT2D eigenvalue weighted by Crippen LogP contribution is -2.43. The summed E-state index contributed by atoms with van der Waals surface area (Å²) in [6.07, 6.45) is -4.35. The van der Waals surface area contributed by atoms with Gasteiger partial charge in [0.1, 0.15) is 0 Å². The van der Waals surface area contributed by atoms with Crippen LogP contribution in [0.2, 0.25) is 0 Å². The lowest BCUT2D eigenvalue weighted by molar-refractivity contribution is -0.137. The highest BCUT2D eigenvalue weighted by Gasteiger charge is 2.29. The van der Waals surface area contributed by atoms with Crippen molar-refractivity contribution in [3.05, 3.63) is 35.4 Å². The first kappa shape index (κ1) is 18.7. The molecule has 0 radical (unpaired) electrons. The van der Waals surface area contributed by atoms with Gasteiger partial charge in [-0.1, -0.05) is 26.0 Å². The highest BCUT2D eigenvalue weighted by atomic mass is 35.5. The van der Waals surface area contributed by atoms with Crippen LogP contribution in [-0.2, 0) is 17.5 Å². The van der Waals surface area contributed by atoms with Crippen LogP contribution in [0, 0.1) is 5.92 Å². The first-order valence-corrected chi connectivity index (χ1v) is 5.91. The van der Waals surface area contributed by atoms with Crippen LogP contribution in [0.4, 0.5) is 13.2 Å². The minimum atomic E-state index is -4.35. The molecule has 0 aromatic heterocycles. The molecule has 0 spiro atoms. The Kier molecular flexibility index (Phi) is 7.02. The molecule has 1 aromatic rings. The molecule has 0 unspecified atom stereocenters. The van der Waals surface area contributed by atoms with Crippen molar-refractivity contribution in [2.24, 2.45) is 11.7 Å². The van der Waals surface area contributed by atoms with Gasteiger partial charge in [-0.3, -0.25) is 4.79 Å². The Morgan fingerprint density at radius 3 is 2.15 bits per heavy atom. The normalized spacial score (nSPS) is 12.8. The zero-order valence-electron chi connectivity index (χ0n) is 11.2. The number of alkyl halides is 3. The summed E-state index contributed by atoms with van der Waals surface area (Å²) in [5.41, 5.74) is 5.53. The molecule has 0 heterocycles. The number of halogens is 4. The van der Waals surface area contributed by atoms with Crippen molar-refractivity contribution in [1.82, 2.24) is 5.32 Å². The van der Waals surface area contributed by atoms with E-state index in [1.165, 1.54) is 12.1 Å². The molecule has 20 heavy (non-hydrogen) atoms. The van der Waals surface area contributed by atoms with E-state index in [1.807, 2.05) is 13.8 Å². The maximum absolute atomic E-state index is 12.3. The number of carbonyl (C=O) groups excluding carboxylic acids is 1. The summed E-state index contributed by atoms with van der Waals surface area (Å²) in [6, 6.07) is 4.04. The van der Waals surface area contributed by atoms with Crippen LogP contribution < -0.4 is 11.1 Å². The summed E-state index contributed by atoms with van der Waals surface area (Å²) in [5.74, 6) is -0.303. The van der Waals surface area contributed by atoms with Gasteiger partial charge >= 0.3 is 6.18 Å². The number of benzene rings is 1. The monoisotopic (exact) mass is 310 g/mol. The predicted molar refractivity (Wildman–Crippen MR) is 73.4 cm³/mol. The molecule has 1 atom stereocenters. The molecule has 114 valence electrons. The van der Waals surface area contributed by atoms with E-state index in [9.17, 15) is 18.0 Å². The van der Waals surface area contributed by atoms with Gasteiger partial charge in [0, 0.05) is 6.54 Å². The number of hydrogen-bond donors (Lipinski definition) is 2. The van der Waals surface area contributed by atoms with Gasteiger partial charge in [0.25, 0.3) is 0 Å². The topological polar surface area (TPSA) is 55.1 Å². The van der Waals surface area contributed by atoms with Crippen LogP contribution in [0.3, 0.4) is 0 Å². The third-order valence-electron chi connectivity index (χ3n) is 2.77. The highest BCUT2D eigenvalue weighted by Crippen LogP contribution is 2.28. The van der Waals surface area contributed by atoms with Crippen molar-refractivity contribution < 1.29 is 18.0 Å². The molecule has 0 bridgehead atoms. The van der Waals surface area contributed by atoms with Gasteiger partial charge in [0.2, 0.25) is 5.91 Å². The zero-order chi connectivity index (χ0) is 14.6. The third kappa shape index (κ3) is 5.38. The lowest BCUT2D eigenvalue weighted by Gasteiger charge is -2.15. The molecule has 0 aliphatic heterocycles. The molecule has 0 fully saturated rings. The Balaban J connectivity index is 0.00000361. The van der Waals surface area contributed by atoms with Crippen LogP contribution >= 0.6 is 12.4 Å². The van der Waals surface area contributed by atoms with E-state index in [0.717, 1.165) is 12.1 Å². The minimum absolute atomic E-state index is 0. The fourth-order valence-corrected chi connectivity index (χ4v) is 1.42. The van der Waals surface area contributed by atoms with Crippen molar-refractivity contribution in [2.45, 2.75) is 32.6 Å². The SMILES string of the molecule is CC(C)[C@@H](N)C(=O)NCc1ccc(C(F)(F)F)cc1.Cl. The number of carbonyl (C=O) groups is 1. The third-order valence-corrected chi connectivity index (χ3v) is 2.77. The van der Waals surface area contributed by atoms with Crippen LogP contribution in [0.1, 0.15) is 25.0 Å². The van der Waals surface area contributed by atoms with Crippen molar-refractivity contribution in [3.63, 3.8) is 0 Å². The molecule has 0 saturated carbocycles. The van der Waals surface area contributed by atoms with Crippen molar-refractivity contribution in [1.29, 1.82) is 0 Å². The molecule has 7 heteroatoms. The van der Waals surface area contributed by atoms with E-state index in [1.54, 1.807) is 0 Å². The van der Waals surface area contributed by atoms with Crippen LogP contribution in [-0.4, -0.2) is 11.9 Å². The summed E-state index contributed by atoms with van der Waals surface area (Å²) in [6.45, 7) is 3.81. The fraction of sp³-hybridized carbons (Fsp3) is 0.462. The standard InChI is InChI=1S/C13H17F3N2O.ClH/c1-8(2)11(17)12(19)18-7-9-3-5-10(6-4-9)13(14,15)16;/h3-6,8,11H,7,17H2,1-2H3,(H,18,19);1H/t11-;/m1./s1. The van der Waals surface area contributed by atoms with Gasteiger partial charge in [-0.05, 0) is 23.6 Å². The van der Waals surface area contributed by atoms with Gasteiger partial charge in [-0.25, -0.2) is 0 Å². The summed E-state index contributed by atoms with van der Waals surface area (Å²) >= 11 is 0. The minimum Gasteiger partial charge on any atom is -0.351 e. The highest BCUT2D eigenvalue weighted by molar-refractivity contribution is 5.85. The Morgan fingerprint density at radius 1 is 1.25 bits per heavy atom. The Labute approximate surface area is 122 Å². The zero-order valence-corrected chi connectivity index (χ0v) is 12.0. The van der Waals surface area contributed by atoms with Gasteiger partial charge in [-0.15, -0.1) is 12.4 Å². The van der Waals surface area contributed by atoms with E-state index < -0.39 is 17.8 Å². The maximum atomic E-state index is 12.3. The molecule has 3 N–H and O–H groups in total.